The number of fused-ring (bicyclic) bond motifs is 1. The van der Waals surface area contributed by atoms with E-state index in [4.69, 9.17) is 22.3 Å². The van der Waals surface area contributed by atoms with Gasteiger partial charge < -0.3 is 10.7 Å². The molecule has 142 valence electrons. The minimum absolute atomic E-state index is 0.542. The quantitative estimate of drug-likeness (QED) is 0.403. The molecule has 28 heavy (non-hydrogen) atoms. The molecule has 0 fully saturated rings. The van der Waals surface area contributed by atoms with Crippen molar-refractivity contribution in [2.75, 3.05) is 0 Å². The van der Waals surface area contributed by atoms with Crippen molar-refractivity contribution >= 4 is 22.4 Å². The summed E-state index contributed by atoms with van der Waals surface area (Å²) in [5.41, 5.74) is 11.2. The first-order chi connectivity index (χ1) is 13.7. The summed E-state index contributed by atoms with van der Waals surface area (Å²) < 4.78 is 0. The van der Waals surface area contributed by atoms with Gasteiger partial charge in [-0.3, -0.25) is 0 Å². The molecule has 3 N–H and O–H groups in total. The number of hydrogen-bond acceptors (Lipinski definition) is 2. The van der Waals surface area contributed by atoms with Crippen LogP contribution >= 0.6 is 11.6 Å². The van der Waals surface area contributed by atoms with Crippen LogP contribution in [0.3, 0.4) is 0 Å². The van der Waals surface area contributed by atoms with Crippen molar-refractivity contribution < 1.29 is 0 Å². The van der Waals surface area contributed by atoms with E-state index in [1.807, 2.05) is 42.6 Å². The third kappa shape index (κ3) is 3.68. The van der Waals surface area contributed by atoms with Crippen molar-refractivity contribution in [1.82, 2.24) is 9.97 Å². The first kappa shape index (κ1) is 18.7. The lowest BCUT2D eigenvalue weighted by molar-refractivity contribution is 0.796. The molecule has 4 aromatic rings. The first-order valence-corrected chi connectivity index (χ1v) is 10.1. The highest BCUT2D eigenvalue weighted by atomic mass is 35.5. The molecule has 0 saturated heterocycles. The lowest BCUT2D eigenvalue weighted by atomic mass is 9.98. The number of imidazole rings is 1. The van der Waals surface area contributed by atoms with Crippen LogP contribution in [0, 0.1) is 0 Å². The average Bonchev–Trinajstić information content (AvgIpc) is 3.22. The summed E-state index contributed by atoms with van der Waals surface area (Å²) in [5, 5.41) is 3.00. The number of nitrogens with one attached hydrogen (secondary N) is 1. The van der Waals surface area contributed by atoms with Crippen molar-refractivity contribution in [3.05, 3.63) is 76.9 Å². The highest BCUT2D eigenvalue weighted by Gasteiger charge is 2.12. The van der Waals surface area contributed by atoms with E-state index in [9.17, 15) is 0 Å². The van der Waals surface area contributed by atoms with Gasteiger partial charge in [0.1, 0.15) is 5.82 Å². The zero-order valence-electron chi connectivity index (χ0n) is 16.0. The lowest BCUT2D eigenvalue weighted by Gasteiger charge is -2.09. The van der Waals surface area contributed by atoms with Crippen LogP contribution in [0.15, 0.2) is 60.8 Å². The maximum Gasteiger partial charge on any atom is 0.138 e. The number of aromatic amines is 1. The standard InChI is InChI=1S/C24H24ClN3/c1-2-3-4-16-7-10-19-20(11-12-22(25)21(19)13-16)23-15-27-24(28-23)18-8-5-17(14-26)6-9-18/h5-13,15H,2-4,14,26H2,1H3,(H,27,28). The van der Waals surface area contributed by atoms with E-state index in [2.05, 4.69) is 30.1 Å². The summed E-state index contributed by atoms with van der Waals surface area (Å²) in [6.07, 6.45) is 5.42. The molecule has 4 rings (SSSR count). The Balaban J connectivity index is 1.72. The fourth-order valence-electron chi connectivity index (χ4n) is 3.53. The van der Waals surface area contributed by atoms with Crippen LogP contribution in [0.25, 0.3) is 33.4 Å². The lowest BCUT2D eigenvalue weighted by Crippen LogP contribution is -1.95. The molecule has 3 aromatic carbocycles. The number of unbranched alkanes of at least 4 members (excludes halogenated alkanes) is 1. The predicted octanol–water partition coefficient (Wildman–Crippen LogP) is 6.35. The highest BCUT2D eigenvalue weighted by molar-refractivity contribution is 6.36. The van der Waals surface area contributed by atoms with Crippen LogP contribution in [0.5, 0.6) is 0 Å². The number of H-pyrrole nitrogens is 1. The largest absolute Gasteiger partial charge is 0.344 e. The van der Waals surface area contributed by atoms with Gasteiger partial charge in [-0.15, -0.1) is 0 Å². The van der Waals surface area contributed by atoms with Gasteiger partial charge in [-0.25, -0.2) is 4.98 Å². The molecule has 0 spiro atoms. The van der Waals surface area contributed by atoms with E-state index in [0.717, 1.165) is 50.4 Å². The monoisotopic (exact) mass is 389 g/mol. The van der Waals surface area contributed by atoms with Gasteiger partial charge in [-0.1, -0.05) is 67.4 Å². The van der Waals surface area contributed by atoms with Crippen LogP contribution in [-0.4, -0.2) is 9.97 Å². The fourth-order valence-corrected chi connectivity index (χ4v) is 3.75. The normalized spacial score (nSPS) is 11.2. The summed E-state index contributed by atoms with van der Waals surface area (Å²) >= 11 is 6.51. The molecule has 4 heteroatoms. The van der Waals surface area contributed by atoms with Gasteiger partial charge in [0.05, 0.1) is 5.69 Å². The second kappa shape index (κ2) is 8.17. The molecule has 3 nitrogen and oxygen atoms in total. The smallest absolute Gasteiger partial charge is 0.138 e. The fraction of sp³-hybridized carbons (Fsp3) is 0.208. The van der Waals surface area contributed by atoms with Crippen molar-refractivity contribution in [2.45, 2.75) is 32.7 Å². The van der Waals surface area contributed by atoms with Crippen LogP contribution < -0.4 is 5.73 Å². The Morgan fingerprint density at radius 2 is 1.75 bits per heavy atom. The summed E-state index contributed by atoms with van der Waals surface area (Å²) in [4.78, 5) is 8.13. The zero-order valence-corrected chi connectivity index (χ0v) is 16.8. The number of aryl methyl sites for hydroxylation is 1. The number of hydrogen-bond donors (Lipinski definition) is 2. The van der Waals surface area contributed by atoms with Crippen molar-refractivity contribution in [1.29, 1.82) is 0 Å². The van der Waals surface area contributed by atoms with E-state index in [1.54, 1.807) is 0 Å². The minimum atomic E-state index is 0.542. The Hall–Kier alpha value is -2.62. The summed E-state index contributed by atoms with van der Waals surface area (Å²) in [5.74, 6) is 0.848. The second-order valence-electron chi connectivity index (χ2n) is 7.11. The molecule has 0 saturated carbocycles. The third-order valence-corrected chi connectivity index (χ3v) is 5.49. The molecule has 0 aliphatic heterocycles. The predicted molar refractivity (Wildman–Crippen MR) is 118 cm³/mol. The molecule has 1 aromatic heterocycles. The number of nitrogens with two attached hydrogens (primary N) is 1. The maximum atomic E-state index is 6.51. The van der Waals surface area contributed by atoms with Gasteiger partial charge in [0.25, 0.3) is 0 Å². The molecule has 0 aliphatic rings. The third-order valence-electron chi connectivity index (χ3n) is 5.16. The van der Waals surface area contributed by atoms with Gasteiger partial charge in [-0.2, -0.15) is 0 Å². The highest BCUT2D eigenvalue weighted by Crippen LogP contribution is 2.34. The molecule has 0 amide bonds. The number of nitrogens with zero attached hydrogens (tertiary/aromatic N) is 1. The Bertz CT molecular complexity index is 1100. The maximum absolute atomic E-state index is 6.51. The number of rotatable bonds is 6. The molecular formula is C24H24ClN3. The number of aromatic nitrogens is 2. The van der Waals surface area contributed by atoms with E-state index in [1.165, 1.54) is 18.4 Å². The van der Waals surface area contributed by atoms with Crippen LogP contribution in [0.1, 0.15) is 30.9 Å². The van der Waals surface area contributed by atoms with E-state index >= 15 is 0 Å². The molecule has 0 aliphatic carbocycles. The molecule has 0 radical (unpaired) electrons. The Labute approximate surface area is 170 Å². The molecule has 1 heterocycles. The average molecular weight is 390 g/mol. The van der Waals surface area contributed by atoms with Gasteiger partial charge >= 0.3 is 0 Å². The summed E-state index contributed by atoms with van der Waals surface area (Å²) in [7, 11) is 0. The SMILES string of the molecule is CCCCc1ccc2c(-c3c[nH]c(-c4ccc(CN)cc4)n3)ccc(Cl)c2c1. The van der Waals surface area contributed by atoms with E-state index in [-0.39, 0.29) is 0 Å². The van der Waals surface area contributed by atoms with Gasteiger partial charge in [-0.05, 0) is 41.5 Å². The van der Waals surface area contributed by atoms with Crippen LogP contribution in [-0.2, 0) is 13.0 Å². The number of halogens is 1. The number of benzene rings is 3. The van der Waals surface area contributed by atoms with Crippen molar-refractivity contribution in [3.63, 3.8) is 0 Å². The van der Waals surface area contributed by atoms with E-state index < -0.39 is 0 Å². The van der Waals surface area contributed by atoms with Crippen LogP contribution in [0.4, 0.5) is 0 Å². The van der Waals surface area contributed by atoms with E-state index in [0.29, 0.717) is 6.54 Å². The van der Waals surface area contributed by atoms with Gasteiger partial charge in [0.2, 0.25) is 0 Å². The Morgan fingerprint density at radius 3 is 2.50 bits per heavy atom. The second-order valence-corrected chi connectivity index (χ2v) is 7.52. The molecule has 0 unspecified atom stereocenters. The minimum Gasteiger partial charge on any atom is -0.344 e. The van der Waals surface area contributed by atoms with Gasteiger partial charge in [0.15, 0.2) is 0 Å². The summed E-state index contributed by atoms with van der Waals surface area (Å²) in [6, 6.07) is 18.8. The molecule has 0 bridgehead atoms. The van der Waals surface area contributed by atoms with Crippen molar-refractivity contribution in [2.24, 2.45) is 5.73 Å². The van der Waals surface area contributed by atoms with Gasteiger partial charge in [0, 0.05) is 34.3 Å². The first-order valence-electron chi connectivity index (χ1n) is 9.76. The topological polar surface area (TPSA) is 54.7 Å². The molecule has 0 atom stereocenters. The summed E-state index contributed by atoms with van der Waals surface area (Å²) in [6.45, 7) is 2.76. The molecular weight excluding hydrogens is 366 g/mol. The van der Waals surface area contributed by atoms with Crippen molar-refractivity contribution in [3.8, 4) is 22.6 Å². The zero-order chi connectivity index (χ0) is 19.5. The van der Waals surface area contributed by atoms with Crippen LogP contribution in [0.2, 0.25) is 5.02 Å². The Kier molecular flexibility index (Phi) is 5.47. The Morgan fingerprint density at radius 1 is 0.964 bits per heavy atom.